The molecular weight excluding hydrogens is 262 g/mol. The van der Waals surface area contributed by atoms with Crippen molar-refractivity contribution in [3.63, 3.8) is 0 Å². The van der Waals surface area contributed by atoms with Crippen molar-refractivity contribution in [1.29, 1.82) is 0 Å². The molecule has 0 radical (unpaired) electrons. The van der Waals surface area contributed by atoms with Gasteiger partial charge in [-0.1, -0.05) is 30.3 Å². The highest BCUT2D eigenvalue weighted by Gasteiger charge is 2.19. The molecule has 1 unspecified atom stereocenters. The summed E-state index contributed by atoms with van der Waals surface area (Å²) in [5, 5.41) is 8.64. The van der Waals surface area contributed by atoms with Crippen LogP contribution in [0.1, 0.15) is 12.8 Å². The van der Waals surface area contributed by atoms with Crippen molar-refractivity contribution in [3.8, 4) is 11.4 Å². The van der Waals surface area contributed by atoms with E-state index < -0.39 is 0 Å². The van der Waals surface area contributed by atoms with Crippen LogP contribution in [0.25, 0.3) is 11.4 Å². The molecule has 1 aromatic heterocycles. The Morgan fingerprint density at radius 3 is 2.84 bits per heavy atom. The number of benzene rings is 1. The summed E-state index contributed by atoms with van der Waals surface area (Å²) in [6.45, 7) is 2.48. The minimum absolute atomic E-state index is 0.449. The van der Waals surface area contributed by atoms with Crippen molar-refractivity contribution in [1.82, 2.24) is 14.8 Å². The Labute approximate surface area is 117 Å². The largest absolute Gasteiger partial charge is 0.381 e. The molecule has 1 saturated heterocycles. The second-order valence-electron chi connectivity index (χ2n) is 4.85. The average Bonchev–Trinajstić information content (AvgIpc) is 2.82. The Balaban J connectivity index is 1.86. The predicted octanol–water partition coefficient (Wildman–Crippen LogP) is 3.03. The third kappa shape index (κ3) is 2.80. The molecule has 2 heterocycles. The van der Waals surface area contributed by atoms with Gasteiger partial charge in [-0.3, -0.25) is 4.57 Å². The fourth-order valence-corrected chi connectivity index (χ4v) is 2.64. The van der Waals surface area contributed by atoms with Gasteiger partial charge in [-0.25, -0.2) is 0 Å². The number of nitrogens with zero attached hydrogens (tertiary/aromatic N) is 3. The maximum absolute atomic E-state index is 6.16. The summed E-state index contributed by atoms with van der Waals surface area (Å²) in [6, 6.07) is 10.0. The van der Waals surface area contributed by atoms with Crippen molar-refractivity contribution in [2.45, 2.75) is 19.4 Å². The fraction of sp³-hybridized carbons (Fsp3) is 0.429. The fourth-order valence-electron chi connectivity index (χ4n) is 2.46. The van der Waals surface area contributed by atoms with Gasteiger partial charge >= 0.3 is 0 Å². The van der Waals surface area contributed by atoms with Crippen LogP contribution >= 0.6 is 11.6 Å². The monoisotopic (exact) mass is 277 g/mol. The molecule has 0 aliphatic carbocycles. The van der Waals surface area contributed by atoms with Crippen LogP contribution < -0.4 is 0 Å². The van der Waals surface area contributed by atoms with Gasteiger partial charge < -0.3 is 4.74 Å². The molecule has 0 amide bonds. The summed E-state index contributed by atoms with van der Waals surface area (Å²) in [5.74, 6) is 1.32. The lowest BCUT2D eigenvalue weighted by molar-refractivity contribution is 0.0485. The van der Waals surface area contributed by atoms with E-state index in [2.05, 4.69) is 10.2 Å². The van der Waals surface area contributed by atoms with Crippen LogP contribution in [0.4, 0.5) is 0 Å². The van der Waals surface area contributed by atoms with Crippen LogP contribution in [0.5, 0.6) is 0 Å². The maximum atomic E-state index is 6.16. The number of halogens is 1. The maximum Gasteiger partial charge on any atom is 0.225 e. The molecule has 0 spiro atoms. The highest BCUT2D eigenvalue weighted by Crippen LogP contribution is 2.24. The highest BCUT2D eigenvalue weighted by atomic mass is 35.5. The van der Waals surface area contributed by atoms with Gasteiger partial charge in [0.15, 0.2) is 5.82 Å². The molecular formula is C14H16ClN3O. The van der Waals surface area contributed by atoms with Gasteiger partial charge in [0.25, 0.3) is 0 Å². The first-order valence-electron chi connectivity index (χ1n) is 6.56. The molecule has 0 N–H and O–H groups in total. The van der Waals surface area contributed by atoms with Crippen molar-refractivity contribution < 1.29 is 4.74 Å². The summed E-state index contributed by atoms with van der Waals surface area (Å²) in [4.78, 5) is 0. The van der Waals surface area contributed by atoms with Crippen molar-refractivity contribution >= 4 is 11.6 Å². The summed E-state index contributed by atoms with van der Waals surface area (Å²) in [5.41, 5.74) is 1.04. The third-order valence-corrected chi connectivity index (χ3v) is 3.71. The van der Waals surface area contributed by atoms with E-state index >= 15 is 0 Å². The molecule has 0 saturated carbocycles. The lowest BCUT2D eigenvalue weighted by atomic mass is 10.0. The van der Waals surface area contributed by atoms with Gasteiger partial charge in [0, 0.05) is 24.6 Å². The number of rotatable bonds is 3. The van der Waals surface area contributed by atoms with E-state index in [1.54, 1.807) is 0 Å². The van der Waals surface area contributed by atoms with Crippen molar-refractivity contribution in [2.24, 2.45) is 5.92 Å². The van der Waals surface area contributed by atoms with Gasteiger partial charge in [0.1, 0.15) is 0 Å². The first-order chi connectivity index (χ1) is 9.34. The number of aromatic nitrogens is 3. The zero-order valence-corrected chi connectivity index (χ0v) is 11.4. The van der Waals surface area contributed by atoms with Crippen LogP contribution in [0, 0.1) is 5.92 Å². The Kier molecular flexibility index (Phi) is 3.80. The van der Waals surface area contributed by atoms with Crippen LogP contribution in [0.3, 0.4) is 0 Å². The average molecular weight is 278 g/mol. The van der Waals surface area contributed by atoms with Crippen LogP contribution in [-0.4, -0.2) is 28.0 Å². The molecule has 1 aliphatic rings. The Hall–Kier alpha value is -1.39. The van der Waals surface area contributed by atoms with Gasteiger partial charge in [0.2, 0.25) is 5.28 Å². The van der Waals surface area contributed by atoms with E-state index in [1.807, 2.05) is 34.9 Å². The first kappa shape index (κ1) is 12.6. The smallest absolute Gasteiger partial charge is 0.225 e. The Bertz CT molecular complexity index is 535. The zero-order chi connectivity index (χ0) is 13.1. The van der Waals surface area contributed by atoms with E-state index in [0.717, 1.165) is 37.6 Å². The lowest BCUT2D eigenvalue weighted by Crippen LogP contribution is -2.22. The molecule has 5 heteroatoms. The van der Waals surface area contributed by atoms with E-state index in [9.17, 15) is 0 Å². The number of hydrogen-bond acceptors (Lipinski definition) is 3. The minimum Gasteiger partial charge on any atom is -0.381 e. The second kappa shape index (κ2) is 5.72. The lowest BCUT2D eigenvalue weighted by Gasteiger charge is -2.23. The first-order valence-corrected chi connectivity index (χ1v) is 6.94. The second-order valence-corrected chi connectivity index (χ2v) is 5.19. The van der Waals surface area contributed by atoms with E-state index in [4.69, 9.17) is 16.3 Å². The van der Waals surface area contributed by atoms with E-state index in [0.29, 0.717) is 11.2 Å². The molecule has 1 atom stereocenters. The van der Waals surface area contributed by atoms with Gasteiger partial charge in [-0.05, 0) is 24.4 Å². The summed E-state index contributed by atoms with van der Waals surface area (Å²) >= 11 is 6.16. The molecule has 3 rings (SSSR count). The van der Waals surface area contributed by atoms with Crippen LogP contribution in [-0.2, 0) is 11.3 Å². The molecule has 4 nitrogen and oxygen atoms in total. The van der Waals surface area contributed by atoms with E-state index in [-0.39, 0.29) is 0 Å². The standard InChI is InChI=1S/C14H16ClN3O/c15-14-17-16-13(12-6-2-1-3-7-12)18(14)9-11-5-4-8-19-10-11/h1-3,6-7,11H,4-5,8-10H2. The molecule has 1 aliphatic heterocycles. The minimum atomic E-state index is 0.449. The van der Waals surface area contributed by atoms with Crippen LogP contribution in [0.2, 0.25) is 5.28 Å². The summed E-state index contributed by atoms with van der Waals surface area (Å²) < 4.78 is 7.50. The van der Waals surface area contributed by atoms with E-state index in [1.165, 1.54) is 6.42 Å². The summed E-state index contributed by atoms with van der Waals surface area (Å²) in [6.07, 6.45) is 2.29. The van der Waals surface area contributed by atoms with Crippen LogP contribution in [0.15, 0.2) is 30.3 Å². The predicted molar refractivity (Wildman–Crippen MR) is 74.0 cm³/mol. The quantitative estimate of drug-likeness (QED) is 0.866. The highest BCUT2D eigenvalue weighted by molar-refractivity contribution is 6.28. The SMILES string of the molecule is Clc1nnc(-c2ccccc2)n1CC1CCCOC1. The van der Waals surface area contributed by atoms with Crippen molar-refractivity contribution in [3.05, 3.63) is 35.6 Å². The van der Waals surface area contributed by atoms with Gasteiger partial charge in [-0.2, -0.15) is 0 Å². The molecule has 2 aromatic rings. The topological polar surface area (TPSA) is 39.9 Å². The molecule has 19 heavy (non-hydrogen) atoms. The molecule has 1 aromatic carbocycles. The summed E-state index contributed by atoms with van der Waals surface area (Å²) in [7, 11) is 0. The molecule has 1 fully saturated rings. The van der Waals surface area contributed by atoms with Gasteiger partial charge in [-0.15, -0.1) is 10.2 Å². The zero-order valence-electron chi connectivity index (χ0n) is 10.6. The Morgan fingerprint density at radius 1 is 1.26 bits per heavy atom. The van der Waals surface area contributed by atoms with Gasteiger partial charge in [0.05, 0.1) is 6.61 Å². The molecule has 0 bridgehead atoms. The normalized spacial score (nSPS) is 19.5. The number of ether oxygens (including phenoxy) is 1. The molecule has 100 valence electrons. The number of hydrogen-bond donors (Lipinski definition) is 0. The third-order valence-electron chi connectivity index (χ3n) is 3.43. The van der Waals surface area contributed by atoms with Crippen molar-refractivity contribution in [2.75, 3.05) is 13.2 Å². The Morgan fingerprint density at radius 2 is 2.11 bits per heavy atom.